The zero-order valence-corrected chi connectivity index (χ0v) is 21.1. The van der Waals surface area contributed by atoms with Crippen molar-refractivity contribution in [1.29, 1.82) is 0 Å². The Morgan fingerprint density at radius 2 is 0.694 bits per heavy atom. The van der Waals surface area contributed by atoms with Crippen LogP contribution in [0.1, 0.15) is 34.7 Å². The second-order valence-electron chi connectivity index (χ2n) is 9.63. The van der Waals surface area contributed by atoms with Crippen LogP contribution in [-0.2, 0) is 5.41 Å². The Labute approximate surface area is 214 Å². The van der Waals surface area contributed by atoms with Crippen molar-refractivity contribution in [2.75, 3.05) is 10.6 Å². The average Bonchev–Trinajstić information content (AvgIpc) is 2.92. The molecule has 0 saturated carbocycles. The molecule has 36 heavy (non-hydrogen) atoms. The van der Waals surface area contributed by atoms with Crippen LogP contribution < -0.4 is 10.6 Å². The second-order valence-corrected chi connectivity index (χ2v) is 9.63. The van der Waals surface area contributed by atoms with Gasteiger partial charge in [-0.1, -0.05) is 90.0 Å². The van der Waals surface area contributed by atoms with Gasteiger partial charge in [-0.15, -0.1) is 0 Å². The maximum absolute atomic E-state index is 3.52. The summed E-state index contributed by atoms with van der Waals surface area (Å²) < 4.78 is 0. The molecule has 0 atom stereocenters. The Bertz CT molecular complexity index is 1310. The monoisotopic (exact) mass is 468 g/mol. The number of hydrogen-bond acceptors (Lipinski definition) is 2. The van der Waals surface area contributed by atoms with Crippen molar-refractivity contribution in [3.05, 3.63) is 155 Å². The lowest BCUT2D eigenvalue weighted by Gasteiger charge is -2.32. The summed E-state index contributed by atoms with van der Waals surface area (Å²) in [5.74, 6) is 0. The van der Waals surface area contributed by atoms with Gasteiger partial charge >= 0.3 is 0 Å². The van der Waals surface area contributed by atoms with Crippen LogP contribution in [0.3, 0.4) is 0 Å². The van der Waals surface area contributed by atoms with Crippen LogP contribution in [0.25, 0.3) is 0 Å². The van der Waals surface area contributed by atoms with E-state index < -0.39 is 0 Å². The van der Waals surface area contributed by atoms with Crippen LogP contribution in [0.4, 0.5) is 22.7 Å². The fourth-order valence-electron chi connectivity index (χ4n) is 4.65. The minimum absolute atomic E-state index is 0.286. The van der Waals surface area contributed by atoms with E-state index in [2.05, 4.69) is 159 Å². The summed E-state index contributed by atoms with van der Waals surface area (Å²) >= 11 is 0. The third kappa shape index (κ3) is 5.04. The molecule has 0 amide bonds. The lowest BCUT2D eigenvalue weighted by Crippen LogP contribution is -2.25. The van der Waals surface area contributed by atoms with E-state index in [4.69, 9.17) is 0 Å². The SMILES string of the molecule is Cc1ccc(Nc2ccc(C(C)(c3ccccc3)c3ccc(Nc4ccc(C)cc4)cc3)cc2)cc1. The molecule has 2 N–H and O–H groups in total. The highest BCUT2D eigenvalue weighted by molar-refractivity contribution is 5.63. The first-order valence-corrected chi connectivity index (χ1v) is 12.4. The van der Waals surface area contributed by atoms with Gasteiger partial charge in [0.25, 0.3) is 0 Å². The van der Waals surface area contributed by atoms with Crippen molar-refractivity contribution in [3.63, 3.8) is 0 Å². The zero-order valence-electron chi connectivity index (χ0n) is 21.1. The third-order valence-corrected chi connectivity index (χ3v) is 6.96. The Morgan fingerprint density at radius 1 is 0.389 bits per heavy atom. The average molecular weight is 469 g/mol. The fraction of sp³-hybridized carbons (Fsp3) is 0.118. The van der Waals surface area contributed by atoms with Crippen molar-refractivity contribution in [3.8, 4) is 0 Å². The van der Waals surface area contributed by atoms with Crippen LogP contribution in [0.5, 0.6) is 0 Å². The molecule has 5 rings (SSSR count). The van der Waals surface area contributed by atoms with Gasteiger partial charge in [-0.25, -0.2) is 0 Å². The second kappa shape index (κ2) is 10.1. The van der Waals surface area contributed by atoms with E-state index in [1.165, 1.54) is 27.8 Å². The first-order chi connectivity index (χ1) is 17.5. The summed E-state index contributed by atoms with van der Waals surface area (Å²) in [4.78, 5) is 0. The Hall–Kier alpha value is -4.30. The number of anilines is 4. The van der Waals surface area contributed by atoms with Gasteiger partial charge < -0.3 is 10.6 Å². The van der Waals surface area contributed by atoms with Gasteiger partial charge in [-0.05, 0) is 86.0 Å². The van der Waals surface area contributed by atoms with Crippen LogP contribution in [0.15, 0.2) is 127 Å². The molecule has 0 radical (unpaired) electrons. The van der Waals surface area contributed by atoms with Gasteiger partial charge in [-0.3, -0.25) is 0 Å². The van der Waals surface area contributed by atoms with Crippen LogP contribution in [0.2, 0.25) is 0 Å². The van der Waals surface area contributed by atoms with E-state index >= 15 is 0 Å². The number of nitrogens with one attached hydrogen (secondary N) is 2. The number of benzene rings is 5. The molecule has 2 nitrogen and oxygen atoms in total. The van der Waals surface area contributed by atoms with Gasteiger partial charge in [0, 0.05) is 28.2 Å². The minimum atomic E-state index is -0.286. The fourth-order valence-corrected chi connectivity index (χ4v) is 4.65. The van der Waals surface area contributed by atoms with E-state index in [9.17, 15) is 0 Å². The van der Waals surface area contributed by atoms with Gasteiger partial charge in [0.2, 0.25) is 0 Å². The summed E-state index contributed by atoms with van der Waals surface area (Å²) in [6.07, 6.45) is 0. The topological polar surface area (TPSA) is 24.1 Å². The highest BCUT2D eigenvalue weighted by Gasteiger charge is 2.31. The summed E-state index contributed by atoms with van der Waals surface area (Å²) in [5, 5.41) is 7.03. The molecule has 178 valence electrons. The standard InChI is InChI=1S/C34H32N2/c1-25-9-17-30(18-10-25)35-32-21-13-28(14-22-32)34(3,27-7-5-4-6-8-27)29-15-23-33(24-16-29)36-31-19-11-26(2)12-20-31/h4-24,35-36H,1-3H3. The molecule has 5 aromatic carbocycles. The van der Waals surface area contributed by atoms with Gasteiger partial charge in [0.1, 0.15) is 0 Å². The normalized spacial score (nSPS) is 11.2. The van der Waals surface area contributed by atoms with E-state index in [0.717, 1.165) is 22.7 Å². The van der Waals surface area contributed by atoms with Crippen molar-refractivity contribution < 1.29 is 0 Å². The van der Waals surface area contributed by atoms with Crippen molar-refractivity contribution in [2.24, 2.45) is 0 Å². The molecule has 0 saturated heterocycles. The van der Waals surface area contributed by atoms with Crippen LogP contribution in [-0.4, -0.2) is 0 Å². The highest BCUT2D eigenvalue weighted by Crippen LogP contribution is 2.40. The molecule has 0 aromatic heterocycles. The maximum Gasteiger partial charge on any atom is 0.0423 e. The molecule has 0 aliphatic carbocycles. The van der Waals surface area contributed by atoms with E-state index in [1.807, 2.05) is 0 Å². The van der Waals surface area contributed by atoms with Gasteiger partial charge in [0.05, 0.1) is 0 Å². The minimum Gasteiger partial charge on any atom is -0.356 e. The molecule has 0 aliphatic heterocycles. The van der Waals surface area contributed by atoms with E-state index in [0.29, 0.717) is 0 Å². The lowest BCUT2D eigenvalue weighted by molar-refractivity contribution is 0.693. The molecule has 2 heteroatoms. The zero-order chi connectivity index (χ0) is 25.0. The molecule has 0 heterocycles. The van der Waals surface area contributed by atoms with Gasteiger partial charge in [0.15, 0.2) is 0 Å². The summed E-state index contributed by atoms with van der Waals surface area (Å²) in [6.45, 7) is 6.52. The molecule has 0 unspecified atom stereocenters. The summed E-state index contributed by atoms with van der Waals surface area (Å²) in [6, 6.07) is 45.3. The van der Waals surface area contributed by atoms with Crippen molar-refractivity contribution >= 4 is 22.7 Å². The summed E-state index contributed by atoms with van der Waals surface area (Å²) in [7, 11) is 0. The molecule has 5 aromatic rings. The molecule has 0 aliphatic rings. The Kier molecular flexibility index (Phi) is 6.60. The smallest absolute Gasteiger partial charge is 0.0423 e. The number of hydrogen-bond donors (Lipinski definition) is 2. The Morgan fingerprint density at radius 3 is 1.06 bits per heavy atom. The van der Waals surface area contributed by atoms with Crippen LogP contribution >= 0.6 is 0 Å². The predicted octanol–water partition coefficient (Wildman–Crippen LogP) is 9.14. The first kappa shape index (κ1) is 23.4. The number of rotatable bonds is 7. The predicted molar refractivity (Wildman–Crippen MR) is 154 cm³/mol. The van der Waals surface area contributed by atoms with Crippen molar-refractivity contribution in [1.82, 2.24) is 0 Å². The Balaban J connectivity index is 1.45. The van der Waals surface area contributed by atoms with Crippen LogP contribution in [0, 0.1) is 13.8 Å². The summed E-state index contributed by atoms with van der Waals surface area (Å²) in [5.41, 5.74) is 10.3. The molecule has 0 fully saturated rings. The molecule has 0 bridgehead atoms. The highest BCUT2D eigenvalue weighted by atomic mass is 14.9. The maximum atomic E-state index is 3.52. The quantitative estimate of drug-likeness (QED) is 0.233. The molecular formula is C34H32N2. The third-order valence-electron chi connectivity index (χ3n) is 6.96. The molecular weight excluding hydrogens is 436 g/mol. The lowest BCUT2D eigenvalue weighted by atomic mass is 9.71. The number of aryl methyl sites for hydroxylation is 2. The molecule has 0 spiro atoms. The van der Waals surface area contributed by atoms with Crippen molar-refractivity contribution in [2.45, 2.75) is 26.2 Å². The van der Waals surface area contributed by atoms with Gasteiger partial charge in [-0.2, -0.15) is 0 Å². The van der Waals surface area contributed by atoms with E-state index in [1.54, 1.807) is 0 Å². The van der Waals surface area contributed by atoms with E-state index in [-0.39, 0.29) is 5.41 Å². The first-order valence-electron chi connectivity index (χ1n) is 12.4. The largest absolute Gasteiger partial charge is 0.356 e.